The Morgan fingerprint density at radius 2 is 1.95 bits per heavy atom. The van der Waals surface area contributed by atoms with Gasteiger partial charge in [-0.05, 0) is 19.1 Å². The van der Waals surface area contributed by atoms with Gasteiger partial charge < -0.3 is 5.32 Å². The summed E-state index contributed by atoms with van der Waals surface area (Å²) in [5.74, 6) is 1.65. The third-order valence-electron chi connectivity index (χ3n) is 3.63. The highest BCUT2D eigenvalue weighted by Gasteiger charge is 2.16. The number of aryl methyl sites for hydroxylation is 1. The number of fused-ring (bicyclic) bond motifs is 1. The van der Waals surface area contributed by atoms with E-state index in [9.17, 15) is 0 Å². The molecule has 0 spiro atoms. The van der Waals surface area contributed by atoms with Crippen molar-refractivity contribution < 1.29 is 0 Å². The van der Waals surface area contributed by atoms with E-state index in [4.69, 9.17) is 4.98 Å². The maximum atomic E-state index is 4.72. The van der Waals surface area contributed by atoms with Crippen LogP contribution in [0.5, 0.6) is 0 Å². The van der Waals surface area contributed by atoms with E-state index in [-0.39, 0.29) is 0 Å². The van der Waals surface area contributed by atoms with Crippen LogP contribution in [0.25, 0.3) is 17.0 Å². The minimum absolute atomic E-state index is 0.741. The average molecular weight is 277 g/mol. The van der Waals surface area contributed by atoms with Crippen LogP contribution in [0.1, 0.15) is 11.3 Å². The molecule has 2 aromatic heterocycles. The van der Waals surface area contributed by atoms with Crippen molar-refractivity contribution in [2.75, 3.05) is 13.1 Å². The van der Waals surface area contributed by atoms with Crippen LogP contribution in [0.15, 0.2) is 47.5 Å². The van der Waals surface area contributed by atoms with E-state index in [1.165, 1.54) is 0 Å². The number of hydrogen-bond acceptors (Lipinski definition) is 4. The number of aromatic nitrogens is 3. The Hall–Kier alpha value is -2.69. The fourth-order valence-corrected chi connectivity index (χ4v) is 2.55. The summed E-state index contributed by atoms with van der Waals surface area (Å²) < 4.78 is 1.89. The second-order valence-corrected chi connectivity index (χ2v) is 5.08. The minimum atomic E-state index is 0.741. The number of aliphatic imine (C=N–C) groups is 1. The van der Waals surface area contributed by atoms with Crippen LogP contribution in [0, 0.1) is 6.92 Å². The number of nitrogens with zero attached hydrogens (tertiary/aromatic N) is 4. The Kier molecular flexibility index (Phi) is 2.70. The Morgan fingerprint density at radius 3 is 2.71 bits per heavy atom. The average Bonchev–Trinajstić information content (AvgIpc) is 3.18. The molecule has 0 saturated heterocycles. The molecule has 1 aliphatic heterocycles. The molecule has 3 aromatic rings. The van der Waals surface area contributed by atoms with Crippen LogP contribution in [-0.2, 0) is 0 Å². The zero-order valence-electron chi connectivity index (χ0n) is 11.7. The zero-order valence-corrected chi connectivity index (χ0v) is 11.7. The molecule has 0 saturated carbocycles. The van der Waals surface area contributed by atoms with Crippen LogP contribution in [0.3, 0.4) is 0 Å². The minimum Gasteiger partial charge on any atom is -0.368 e. The fraction of sp³-hybridized carbons (Fsp3) is 0.188. The highest BCUT2D eigenvalue weighted by atomic mass is 15.3. The van der Waals surface area contributed by atoms with Crippen molar-refractivity contribution in [3.8, 4) is 11.4 Å². The number of pyridine rings is 1. The molecule has 0 amide bonds. The quantitative estimate of drug-likeness (QED) is 0.780. The number of hydrogen-bond donors (Lipinski definition) is 1. The SMILES string of the molecule is Cc1ccc(C2=NCCN2)c2nc(-c3ccccc3)nn12. The first-order valence-electron chi connectivity index (χ1n) is 7.03. The summed E-state index contributed by atoms with van der Waals surface area (Å²) in [6.07, 6.45) is 0. The number of nitrogens with one attached hydrogen (secondary N) is 1. The van der Waals surface area contributed by atoms with E-state index in [2.05, 4.69) is 21.5 Å². The van der Waals surface area contributed by atoms with E-state index in [0.29, 0.717) is 0 Å². The van der Waals surface area contributed by atoms with E-state index in [0.717, 1.165) is 47.2 Å². The van der Waals surface area contributed by atoms with Crippen molar-refractivity contribution in [2.24, 2.45) is 4.99 Å². The van der Waals surface area contributed by atoms with Gasteiger partial charge in [0.2, 0.25) is 0 Å². The zero-order chi connectivity index (χ0) is 14.2. The van der Waals surface area contributed by atoms with Gasteiger partial charge in [0.15, 0.2) is 11.5 Å². The molecule has 1 N–H and O–H groups in total. The molecule has 0 atom stereocenters. The molecule has 5 heteroatoms. The summed E-state index contributed by atoms with van der Waals surface area (Å²) >= 11 is 0. The summed E-state index contributed by atoms with van der Waals surface area (Å²) in [5.41, 5.74) is 3.93. The second kappa shape index (κ2) is 4.70. The molecule has 0 unspecified atom stereocenters. The monoisotopic (exact) mass is 277 g/mol. The maximum absolute atomic E-state index is 4.72. The maximum Gasteiger partial charge on any atom is 0.182 e. The van der Waals surface area contributed by atoms with E-state index >= 15 is 0 Å². The highest BCUT2D eigenvalue weighted by Crippen LogP contribution is 2.19. The smallest absolute Gasteiger partial charge is 0.182 e. The number of amidine groups is 1. The normalized spacial score (nSPS) is 14.2. The first kappa shape index (κ1) is 12.1. The predicted molar refractivity (Wildman–Crippen MR) is 82.6 cm³/mol. The molecule has 5 nitrogen and oxygen atoms in total. The summed E-state index contributed by atoms with van der Waals surface area (Å²) in [7, 11) is 0. The number of benzene rings is 1. The van der Waals surface area contributed by atoms with Gasteiger partial charge >= 0.3 is 0 Å². The summed E-state index contributed by atoms with van der Waals surface area (Å²) in [6, 6.07) is 14.1. The van der Waals surface area contributed by atoms with Crippen molar-refractivity contribution in [1.29, 1.82) is 0 Å². The Morgan fingerprint density at radius 1 is 1.10 bits per heavy atom. The van der Waals surface area contributed by atoms with Gasteiger partial charge in [-0.1, -0.05) is 30.3 Å². The van der Waals surface area contributed by atoms with Gasteiger partial charge in [-0.3, -0.25) is 4.99 Å². The van der Waals surface area contributed by atoms with Gasteiger partial charge in [0.25, 0.3) is 0 Å². The van der Waals surface area contributed by atoms with Crippen molar-refractivity contribution in [2.45, 2.75) is 6.92 Å². The van der Waals surface area contributed by atoms with Crippen molar-refractivity contribution in [3.05, 3.63) is 53.7 Å². The van der Waals surface area contributed by atoms with Gasteiger partial charge in [-0.25, -0.2) is 9.50 Å². The molecule has 104 valence electrons. The van der Waals surface area contributed by atoms with Crippen LogP contribution >= 0.6 is 0 Å². The van der Waals surface area contributed by atoms with Gasteiger partial charge in [-0.2, -0.15) is 0 Å². The molecule has 21 heavy (non-hydrogen) atoms. The molecule has 1 aliphatic rings. The summed E-state index contributed by atoms with van der Waals surface area (Å²) in [6.45, 7) is 3.73. The molecule has 3 heterocycles. The lowest BCUT2D eigenvalue weighted by Gasteiger charge is -2.05. The van der Waals surface area contributed by atoms with Crippen LogP contribution < -0.4 is 5.32 Å². The van der Waals surface area contributed by atoms with E-state index in [1.54, 1.807) is 0 Å². The first-order valence-corrected chi connectivity index (χ1v) is 7.03. The Labute approximate surface area is 122 Å². The molecular formula is C16H15N5. The van der Waals surface area contributed by atoms with E-state index < -0.39 is 0 Å². The Balaban J connectivity index is 1.94. The van der Waals surface area contributed by atoms with Gasteiger partial charge in [0, 0.05) is 17.8 Å². The third-order valence-corrected chi connectivity index (χ3v) is 3.63. The molecule has 0 radical (unpaired) electrons. The van der Waals surface area contributed by atoms with E-state index in [1.807, 2.05) is 47.8 Å². The largest absolute Gasteiger partial charge is 0.368 e. The van der Waals surface area contributed by atoms with Gasteiger partial charge in [0.1, 0.15) is 5.84 Å². The molecule has 0 aliphatic carbocycles. The van der Waals surface area contributed by atoms with Gasteiger partial charge in [0.05, 0.1) is 12.1 Å². The first-order chi connectivity index (χ1) is 10.3. The second-order valence-electron chi connectivity index (χ2n) is 5.08. The molecular weight excluding hydrogens is 262 g/mol. The van der Waals surface area contributed by atoms with Crippen LogP contribution in [0.4, 0.5) is 0 Å². The lowest BCUT2D eigenvalue weighted by Crippen LogP contribution is -2.20. The fourth-order valence-electron chi connectivity index (χ4n) is 2.55. The molecule has 0 fully saturated rings. The lowest BCUT2D eigenvalue weighted by atomic mass is 10.2. The van der Waals surface area contributed by atoms with Crippen molar-refractivity contribution >= 4 is 11.5 Å². The van der Waals surface area contributed by atoms with Crippen molar-refractivity contribution in [1.82, 2.24) is 19.9 Å². The summed E-state index contributed by atoms with van der Waals surface area (Å²) in [4.78, 5) is 9.21. The summed E-state index contributed by atoms with van der Waals surface area (Å²) in [5, 5.41) is 7.94. The van der Waals surface area contributed by atoms with Crippen LogP contribution in [-0.4, -0.2) is 33.5 Å². The third kappa shape index (κ3) is 1.98. The van der Waals surface area contributed by atoms with Crippen molar-refractivity contribution in [3.63, 3.8) is 0 Å². The standard InChI is InChI=1S/C16H15N5/c1-11-7-8-13(15-17-9-10-18-15)16-19-14(20-21(11)16)12-5-3-2-4-6-12/h2-8H,9-10H2,1H3,(H,17,18). The van der Waals surface area contributed by atoms with Crippen LogP contribution in [0.2, 0.25) is 0 Å². The topological polar surface area (TPSA) is 54.6 Å². The molecule has 0 bridgehead atoms. The molecule has 4 rings (SSSR count). The Bertz CT molecular complexity index is 832. The lowest BCUT2D eigenvalue weighted by molar-refractivity contribution is 0.915. The van der Waals surface area contributed by atoms with Gasteiger partial charge in [-0.15, -0.1) is 5.10 Å². The predicted octanol–water partition coefficient (Wildman–Crippen LogP) is 2.05. The number of rotatable bonds is 2. The molecule has 1 aromatic carbocycles. The highest BCUT2D eigenvalue weighted by molar-refractivity contribution is 6.04.